The van der Waals surface area contributed by atoms with Crippen molar-refractivity contribution in [1.29, 1.82) is 5.26 Å². The molecule has 1 N–H and O–H groups in total. The molecule has 3 heterocycles. The Labute approximate surface area is 229 Å². The molecular weight excluding hydrogens is 523 g/mol. The molecule has 1 atom stereocenters. The number of aliphatic hydroxyl groups is 1. The molecule has 2 aliphatic rings. The average Bonchev–Trinajstić information content (AvgIpc) is 3.58. The minimum absolute atomic E-state index is 0.00995. The number of aryl methyl sites for hydroxylation is 3. The maximum absolute atomic E-state index is 13.8. The molecule has 11 heteroatoms. The van der Waals surface area contributed by atoms with Crippen LogP contribution in [0.15, 0.2) is 35.6 Å². The Morgan fingerprint density at radius 2 is 1.95 bits per heavy atom. The van der Waals surface area contributed by atoms with Crippen molar-refractivity contribution in [3.05, 3.63) is 69.5 Å². The molecule has 40 heavy (non-hydrogen) atoms. The first-order chi connectivity index (χ1) is 19.0. The normalized spacial score (nSPS) is 20.4. The number of benzene rings is 1. The summed E-state index contributed by atoms with van der Waals surface area (Å²) in [7, 11) is 0. The number of aromatic nitrogens is 4. The van der Waals surface area contributed by atoms with Gasteiger partial charge in [-0.05, 0) is 68.7 Å². The second kappa shape index (κ2) is 10.7. The number of fused-ring (bicyclic) bond motifs is 1. The van der Waals surface area contributed by atoms with E-state index in [4.69, 9.17) is 10.00 Å². The van der Waals surface area contributed by atoms with Crippen LogP contribution >= 0.6 is 0 Å². The minimum Gasteiger partial charge on any atom is -0.504 e. The second-order valence-corrected chi connectivity index (χ2v) is 10.7. The molecule has 1 aromatic carbocycles. The van der Waals surface area contributed by atoms with Gasteiger partial charge in [0, 0.05) is 23.4 Å². The zero-order valence-corrected chi connectivity index (χ0v) is 22.4. The molecule has 0 spiro atoms. The number of Topliss-reactive ketones (excluding diaryl/α,β-unsaturated/α-hetero) is 1. The predicted molar refractivity (Wildman–Crippen MR) is 138 cm³/mol. The van der Waals surface area contributed by atoms with E-state index in [0.29, 0.717) is 22.7 Å². The number of nitriles is 1. The van der Waals surface area contributed by atoms with Gasteiger partial charge in [-0.1, -0.05) is 25.0 Å². The molecule has 1 unspecified atom stereocenters. The zero-order chi connectivity index (χ0) is 28.7. The summed E-state index contributed by atoms with van der Waals surface area (Å²) in [6, 6.07) is 7.59. The molecule has 2 aromatic heterocycles. The van der Waals surface area contributed by atoms with E-state index in [0.717, 1.165) is 43.1 Å². The molecule has 1 saturated carbocycles. The van der Waals surface area contributed by atoms with Gasteiger partial charge in [0.15, 0.2) is 11.6 Å². The number of alkyl halides is 3. The highest BCUT2D eigenvalue weighted by Crippen LogP contribution is 2.44. The van der Waals surface area contributed by atoms with E-state index in [1.807, 2.05) is 19.9 Å². The summed E-state index contributed by atoms with van der Waals surface area (Å²) in [6.45, 7) is 3.73. The van der Waals surface area contributed by atoms with Crippen LogP contribution in [0.2, 0.25) is 0 Å². The van der Waals surface area contributed by atoms with E-state index in [2.05, 4.69) is 15.1 Å². The number of ether oxygens (including phenoxy) is 1. The fourth-order valence-electron chi connectivity index (χ4n) is 6.02. The summed E-state index contributed by atoms with van der Waals surface area (Å²) in [4.78, 5) is 22.6. The van der Waals surface area contributed by atoms with Crippen molar-refractivity contribution in [2.75, 3.05) is 6.61 Å². The molecular formula is C29H30F3N5O3. The number of hydrogen-bond acceptors (Lipinski definition) is 7. The zero-order valence-electron chi connectivity index (χ0n) is 22.4. The first-order valence-corrected chi connectivity index (χ1v) is 13.4. The summed E-state index contributed by atoms with van der Waals surface area (Å²) in [6.07, 6.45) is -1.25. The van der Waals surface area contributed by atoms with Gasteiger partial charge >= 0.3 is 6.18 Å². The fourth-order valence-corrected chi connectivity index (χ4v) is 6.02. The van der Waals surface area contributed by atoms with Gasteiger partial charge < -0.3 is 9.84 Å². The lowest BCUT2D eigenvalue weighted by Gasteiger charge is -2.41. The molecule has 0 saturated heterocycles. The number of rotatable bonds is 7. The van der Waals surface area contributed by atoms with Gasteiger partial charge in [0.1, 0.15) is 5.60 Å². The van der Waals surface area contributed by atoms with Crippen molar-refractivity contribution in [3.63, 3.8) is 0 Å². The van der Waals surface area contributed by atoms with Crippen molar-refractivity contribution in [3.8, 4) is 6.07 Å². The molecule has 0 bridgehead atoms. The van der Waals surface area contributed by atoms with Crippen molar-refractivity contribution >= 4 is 11.6 Å². The Kier molecular flexibility index (Phi) is 7.40. The fraction of sp³-hybridized carbons (Fsp3) is 0.483. The smallest absolute Gasteiger partial charge is 0.416 e. The standard InChI is InChI=1S/C29H30F3N5O3/c1-17-13-18(2)37-27(34-17)35-24(36-37)15-21-16-40-28(26(39)25(21)38,22-5-3-4-6-22)11-9-19-7-8-20(10-12-33)23(14-19)29(30,31)32/h7-8,13-14,22,38H,3-6,9-11,15-16H2,1-2H3. The van der Waals surface area contributed by atoms with Crippen LogP contribution in [-0.4, -0.2) is 42.7 Å². The molecule has 0 amide bonds. The molecule has 1 aliphatic heterocycles. The van der Waals surface area contributed by atoms with Crippen molar-refractivity contribution < 1.29 is 27.8 Å². The molecule has 210 valence electrons. The van der Waals surface area contributed by atoms with Crippen LogP contribution in [0.3, 0.4) is 0 Å². The van der Waals surface area contributed by atoms with Crippen molar-refractivity contribution in [2.24, 2.45) is 5.92 Å². The molecule has 3 aromatic rings. The lowest BCUT2D eigenvalue weighted by molar-refractivity contribution is -0.156. The molecule has 5 rings (SSSR count). The number of hydrogen-bond donors (Lipinski definition) is 1. The van der Waals surface area contributed by atoms with Crippen LogP contribution in [0.1, 0.15) is 66.0 Å². The summed E-state index contributed by atoms with van der Waals surface area (Å²) in [5.74, 6) is -0.240. The largest absolute Gasteiger partial charge is 0.504 e. The summed E-state index contributed by atoms with van der Waals surface area (Å²) in [5.41, 5.74) is 0.154. The first kappa shape index (κ1) is 27.8. The van der Waals surface area contributed by atoms with Crippen molar-refractivity contribution in [1.82, 2.24) is 19.6 Å². The van der Waals surface area contributed by atoms with Crippen LogP contribution in [0.4, 0.5) is 13.2 Å². The third-order valence-corrected chi connectivity index (χ3v) is 8.02. The van der Waals surface area contributed by atoms with Gasteiger partial charge in [-0.15, -0.1) is 5.10 Å². The summed E-state index contributed by atoms with van der Waals surface area (Å²) in [5, 5.41) is 24.5. The third-order valence-electron chi connectivity index (χ3n) is 8.02. The lowest BCUT2D eigenvalue weighted by atomic mass is 9.75. The Morgan fingerprint density at radius 1 is 1.20 bits per heavy atom. The van der Waals surface area contributed by atoms with E-state index in [1.54, 1.807) is 16.7 Å². The van der Waals surface area contributed by atoms with Crippen LogP contribution in [0, 0.1) is 31.1 Å². The van der Waals surface area contributed by atoms with E-state index in [-0.39, 0.29) is 49.5 Å². The highest BCUT2D eigenvalue weighted by atomic mass is 19.4. The van der Waals surface area contributed by atoms with Crippen LogP contribution in [-0.2, 0) is 35.0 Å². The summed E-state index contributed by atoms with van der Waals surface area (Å²) < 4.78 is 48.9. The lowest BCUT2D eigenvalue weighted by Crippen LogP contribution is -2.52. The Morgan fingerprint density at radius 3 is 2.65 bits per heavy atom. The molecule has 8 nitrogen and oxygen atoms in total. The van der Waals surface area contributed by atoms with E-state index < -0.39 is 23.1 Å². The topological polar surface area (TPSA) is 113 Å². The minimum atomic E-state index is -4.60. The molecule has 1 fully saturated rings. The molecule has 1 aliphatic carbocycles. The number of aliphatic hydroxyl groups excluding tert-OH is 1. The average molecular weight is 554 g/mol. The monoisotopic (exact) mass is 553 g/mol. The van der Waals surface area contributed by atoms with E-state index in [1.165, 1.54) is 6.07 Å². The maximum Gasteiger partial charge on any atom is 0.416 e. The maximum atomic E-state index is 13.8. The van der Waals surface area contributed by atoms with Crippen LogP contribution in [0.5, 0.6) is 0 Å². The van der Waals surface area contributed by atoms with E-state index in [9.17, 15) is 23.1 Å². The number of ketones is 1. The van der Waals surface area contributed by atoms with Crippen molar-refractivity contribution in [2.45, 2.75) is 77.0 Å². The highest BCUT2D eigenvalue weighted by Gasteiger charge is 2.51. The predicted octanol–water partition coefficient (Wildman–Crippen LogP) is 5.34. The molecule has 0 radical (unpaired) electrons. The van der Waals surface area contributed by atoms with Gasteiger partial charge in [-0.3, -0.25) is 4.79 Å². The van der Waals surface area contributed by atoms with Crippen LogP contribution < -0.4 is 0 Å². The van der Waals surface area contributed by atoms with E-state index >= 15 is 0 Å². The van der Waals surface area contributed by atoms with Gasteiger partial charge in [0.25, 0.3) is 5.78 Å². The quantitative estimate of drug-likeness (QED) is 0.420. The Balaban J connectivity index is 1.42. The second-order valence-electron chi connectivity index (χ2n) is 10.7. The summed E-state index contributed by atoms with van der Waals surface area (Å²) >= 11 is 0. The highest BCUT2D eigenvalue weighted by molar-refractivity contribution is 6.01. The van der Waals surface area contributed by atoms with Gasteiger partial charge in [0.2, 0.25) is 5.78 Å². The Bertz CT molecular complexity index is 1530. The van der Waals surface area contributed by atoms with Gasteiger partial charge in [-0.25, -0.2) is 9.50 Å². The SMILES string of the molecule is Cc1cc(C)n2nc(CC3=C(O)C(=O)C(CCc4ccc(CC#N)c(C(F)(F)F)c4)(C4CCCC4)OC3)nc2n1. The number of nitrogens with zero attached hydrogens (tertiary/aromatic N) is 5. The first-order valence-electron chi connectivity index (χ1n) is 13.4. The third kappa shape index (κ3) is 5.20. The van der Waals surface area contributed by atoms with Gasteiger partial charge in [0.05, 0.1) is 24.7 Å². The number of halogens is 3. The number of carbonyl (C=O) groups is 1. The number of carbonyl (C=O) groups excluding carboxylic acids is 1. The Hall–Kier alpha value is -3.78. The van der Waals surface area contributed by atoms with Gasteiger partial charge in [-0.2, -0.15) is 23.4 Å². The van der Waals surface area contributed by atoms with Crippen LogP contribution in [0.25, 0.3) is 5.78 Å².